The normalized spacial score (nSPS) is 10.4. The van der Waals surface area contributed by atoms with Gasteiger partial charge in [-0.3, -0.25) is 0 Å². The van der Waals surface area contributed by atoms with Crippen LogP contribution in [0.15, 0.2) is 51.4 Å². The Morgan fingerprint density at radius 1 is 1.23 bits per heavy atom. The van der Waals surface area contributed by atoms with Gasteiger partial charge in [0.1, 0.15) is 29.0 Å². The van der Waals surface area contributed by atoms with Gasteiger partial charge in [0.2, 0.25) is 0 Å². The second kappa shape index (κ2) is 5.66. The molecule has 0 saturated heterocycles. The second-order valence-electron chi connectivity index (χ2n) is 4.85. The average molecular weight is 354 g/mol. The second-order valence-corrected chi connectivity index (χ2v) is 5.76. The van der Waals surface area contributed by atoms with E-state index in [9.17, 15) is 5.26 Å². The number of hydrogen-bond donors (Lipinski definition) is 1. The van der Waals surface area contributed by atoms with E-state index in [0.717, 1.165) is 15.8 Å². The van der Waals surface area contributed by atoms with Crippen LogP contribution in [-0.2, 0) is 0 Å². The lowest BCUT2D eigenvalue weighted by Crippen LogP contribution is -1.99. The first-order valence-electron chi connectivity index (χ1n) is 6.62. The molecular formula is C17H12BrN3O. The van der Waals surface area contributed by atoms with Gasteiger partial charge >= 0.3 is 0 Å². The van der Waals surface area contributed by atoms with Crippen LogP contribution in [0, 0.1) is 18.3 Å². The van der Waals surface area contributed by atoms with Crippen molar-refractivity contribution in [2.24, 2.45) is 0 Å². The molecule has 0 unspecified atom stereocenters. The van der Waals surface area contributed by atoms with Crippen LogP contribution in [0.1, 0.15) is 11.3 Å². The molecule has 3 rings (SSSR count). The van der Waals surface area contributed by atoms with Crippen LogP contribution in [-0.4, -0.2) is 4.98 Å². The molecule has 22 heavy (non-hydrogen) atoms. The lowest BCUT2D eigenvalue weighted by molar-refractivity contribution is 0.548. The molecule has 1 aromatic carbocycles. The number of nitrogens with zero attached hydrogens (tertiary/aromatic N) is 2. The molecule has 2 heterocycles. The summed E-state index contributed by atoms with van der Waals surface area (Å²) in [5, 5.41) is 9.35. The van der Waals surface area contributed by atoms with E-state index in [1.165, 1.54) is 0 Å². The molecule has 3 aromatic rings. The van der Waals surface area contributed by atoms with Crippen molar-refractivity contribution in [1.82, 2.24) is 4.98 Å². The van der Waals surface area contributed by atoms with E-state index in [4.69, 9.17) is 10.2 Å². The van der Waals surface area contributed by atoms with E-state index >= 15 is 0 Å². The smallest absolute Gasteiger partial charge is 0.142 e. The molecule has 5 heteroatoms. The summed E-state index contributed by atoms with van der Waals surface area (Å²) in [5.41, 5.74) is 8.55. The molecule has 0 atom stereocenters. The minimum atomic E-state index is 0.198. The van der Waals surface area contributed by atoms with Crippen molar-refractivity contribution in [2.45, 2.75) is 6.92 Å². The third-order valence-electron chi connectivity index (χ3n) is 3.29. The van der Waals surface area contributed by atoms with Crippen molar-refractivity contribution in [3.63, 3.8) is 0 Å². The first-order valence-corrected chi connectivity index (χ1v) is 7.41. The molecule has 0 bridgehead atoms. The monoisotopic (exact) mass is 353 g/mol. The van der Waals surface area contributed by atoms with Gasteiger partial charge < -0.3 is 10.2 Å². The fraction of sp³-hybridized carbons (Fsp3) is 0.0588. The maximum atomic E-state index is 9.35. The van der Waals surface area contributed by atoms with E-state index in [-0.39, 0.29) is 5.82 Å². The Bertz CT molecular complexity index is 893. The number of furan rings is 1. The van der Waals surface area contributed by atoms with Crippen LogP contribution in [0.25, 0.3) is 22.6 Å². The van der Waals surface area contributed by atoms with Crippen molar-refractivity contribution in [3.8, 4) is 28.7 Å². The molecule has 0 aliphatic heterocycles. The number of aryl methyl sites for hydroxylation is 1. The molecule has 2 aromatic heterocycles. The highest BCUT2D eigenvalue weighted by atomic mass is 79.9. The number of aromatic nitrogens is 1. The third kappa shape index (κ3) is 2.61. The van der Waals surface area contributed by atoms with Gasteiger partial charge in [-0.2, -0.15) is 5.26 Å². The molecule has 108 valence electrons. The minimum absolute atomic E-state index is 0.198. The van der Waals surface area contributed by atoms with Crippen molar-refractivity contribution < 1.29 is 4.42 Å². The Morgan fingerprint density at radius 2 is 2.05 bits per heavy atom. The zero-order chi connectivity index (χ0) is 15.7. The van der Waals surface area contributed by atoms with E-state index < -0.39 is 0 Å². The maximum Gasteiger partial charge on any atom is 0.142 e. The van der Waals surface area contributed by atoms with Crippen molar-refractivity contribution in [3.05, 3.63) is 58.3 Å². The number of hydrogen-bond acceptors (Lipinski definition) is 4. The number of anilines is 1. The molecule has 0 amide bonds. The first kappa shape index (κ1) is 14.4. The predicted molar refractivity (Wildman–Crippen MR) is 88.9 cm³/mol. The lowest BCUT2D eigenvalue weighted by Gasteiger charge is -2.08. The number of benzene rings is 1. The topological polar surface area (TPSA) is 75.8 Å². The average Bonchev–Trinajstić information content (AvgIpc) is 2.93. The van der Waals surface area contributed by atoms with Gasteiger partial charge in [0.25, 0.3) is 0 Å². The molecule has 0 radical (unpaired) electrons. The molecule has 2 N–H and O–H groups in total. The summed E-state index contributed by atoms with van der Waals surface area (Å²) >= 11 is 3.44. The Kier molecular flexibility index (Phi) is 3.70. The highest BCUT2D eigenvalue weighted by Crippen LogP contribution is 2.32. The van der Waals surface area contributed by atoms with Crippen molar-refractivity contribution in [2.75, 3.05) is 5.73 Å². The van der Waals surface area contributed by atoms with Crippen LogP contribution in [0.2, 0.25) is 0 Å². The van der Waals surface area contributed by atoms with Gasteiger partial charge in [0.15, 0.2) is 0 Å². The lowest BCUT2D eigenvalue weighted by atomic mass is 10.0. The zero-order valence-electron chi connectivity index (χ0n) is 11.8. The molecule has 0 saturated carbocycles. The highest BCUT2D eigenvalue weighted by molar-refractivity contribution is 9.10. The molecule has 0 aliphatic rings. The number of halogens is 1. The van der Waals surface area contributed by atoms with Gasteiger partial charge in [-0.1, -0.05) is 28.1 Å². The highest BCUT2D eigenvalue weighted by Gasteiger charge is 2.15. The number of nitrogen functional groups attached to an aromatic ring is 1. The fourth-order valence-electron chi connectivity index (χ4n) is 2.25. The van der Waals surface area contributed by atoms with Crippen LogP contribution >= 0.6 is 15.9 Å². The quantitative estimate of drug-likeness (QED) is 0.733. The van der Waals surface area contributed by atoms with E-state index in [1.807, 2.05) is 49.4 Å². The predicted octanol–water partition coefficient (Wildman–Crippen LogP) is 4.53. The first-order chi connectivity index (χ1) is 10.6. The fourth-order valence-corrected chi connectivity index (χ4v) is 2.65. The van der Waals surface area contributed by atoms with E-state index in [2.05, 4.69) is 27.0 Å². The maximum absolute atomic E-state index is 9.35. The van der Waals surface area contributed by atoms with Crippen LogP contribution in [0.4, 0.5) is 5.82 Å². The largest absolute Gasteiger partial charge is 0.461 e. The van der Waals surface area contributed by atoms with Gasteiger partial charge in [-0.05, 0) is 37.3 Å². The summed E-state index contributed by atoms with van der Waals surface area (Å²) in [6.07, 6.45) is 0. The summed E-state index contributed by atoms with van der Waals surface area (Å²) in [5.74, 6) is 1.58. The van der Waals surface area contributed by atoms with Crippen molar-refractivity contribution >= 4 is 21.7 Å². The van der Waals surface area contributed by atoms with E-state index in [1.54, 1.807) is 0 Å². The number of nitrogens with two attached hydrogens (primary N) is 1. The molecule has 0 aliphatic carbocycles. The number of nitriles is 1. The van der Waals surface area contributed by atoms with Gasteiger partial charge in [-0.15, -0.1) is 0 Å². The molecular weight excluding hydrogens is 342 g/mol. The summed E-state index contributed by atoms with van der Waals surface area (Å²) in [4.78, 5) is 4.34. The molecule has 0 spiro atoms. The summed E-state index contributed by atoms with van der Waals surface area (Å²) in [6.45, 7) is 1.86. The minimum Gasteiger partial charge on any atom is -0.461 e. The Hall–Kier alpha value is -2.58. The van der Waals surface area contributed by atoms with Gasteiger partial charge in [0, 0.05) is 15.6 Å². The number of rotatable bonds is 2. The Balaban J connectivity index is 2.23. The number of pyridine rings is 1. The Labute approximate surface area is 136 Å². The van der Waals surface area contributed by atoms with Gasteiger partial charge in [-0.25, -0.2) is 4.98 Å². The standard InChI is InChI=1S/C17H12BrN3O/c1-10-5-6-16(22-10)13-8-15(21-17(20)14(13)9-19)11-3-2-4-12(18)7-11/h2-8H,1H3,(H2,20,21). The summed E-state index contributed by atoms with van der Waals surface area (Å²) < 4.78 is 6.59. The summed E-state index contributed by atoms with van der Waals surface area (Å²) in [6, 6.07) is 15.4. The zero-order valence-corrected chi connectivity index (χ0v) is 13.4. The van der Waals surface area contributed by atoms with Crippen LogP contribution < -0.4 is 5.73 Å². The Morgan fingerprint density at radius 3 is 2.68 bits per heavy atom. The summed E-state index contributed by atoms with van der Waals surface area (Å²) in [7, 11) is 0. The molecule has 4 nitrogen and oxygen atoms in total. The van der Waals surface area contributed by atoms with Gasteiger partial charge in [0.05, 0.1) is 5.69 Å². The van der Waals surface area contributed by atoms with E-state index in [0.29, 0.717) is 22.6 Å². The van der Waals surface area contributed by atoms with Crippen molar-refractivity contribution in [1.29, 1.82) is 5.26 Å². The SMILES string of the molecule is Cc1ccc(-c2cc(-c3cccc(Br)c3)nc(N)c2C#N)o1. The van der Waals surface area contributed by atoms with Crippen LogP contribution in [0.3, 0.4) is 0 Å². The molecule has 0 fully saturated rings. The van der Waals surface area contributed by atoms with Crippen LogP contribution in [0.5, 0.6) is 0 Å². The third-order valence-corrected chi connectivity index (χ3v) is 3.78.